The zero-order valence-corrected chi connectivity index (χ0v) is 16.2. The van der Waals surface area contributed by atoms with Gasteiger partial charge in [-0.25, -0.2) is 19.3 Å². The van der Waals surface area contributed by atoms with Gasteiger partial charge in [-0.05, 0) is 31.5 Å². The summed E-state index contributed by atoms with van der Waals surface area (Å²) in [4.78, 5) is 18.2. The van der Waals surface area contributed by atoms with Crippen molar-refractivity contribution in [3.05, 3.63) is 35.8 Å². The summed E-state index contributed by atoms with van der Waals surface area (Å²) in [5, 5.41) is 9.98. The van der Waals surface area contributed by atoms with Crippen molar-refractivity contribution in [3.8, 4) is 22.3 Å². The Labute approximate surface area is 163 Å². The van der Waals surface area contributed by atoms with Gasteiger partial charge in [-0.2, -0.15) is 4.98 Å². The largest absolute Gasteiger partial charge is 0.480 e. The van der Waals surface area contributed by atoms with Crippen molar-refractivity contribution in [3.63, 3.8) is 0 Å². The van der Waals surface area contributed by atoms with Gasteiger partial charge < -0.3 is 14.6 Å². The maximum Gasteiger partial charge on any atom is 0.252 e. The summed E-state index contributed by atoms with van der Waals surface area (Å²) in [5.74, 6) is -0.345. The first kappa shape index (κ1) is 18.5. The topological polar surface area (TPSA) is 90.3 Å². The molecule has 1 N–H and O–H groups in total. The number of hydrogen-bond acceptors (Lipinski definition) is 8. The Morgan fingerprint density at radius 2 is 2.00 bits per heavy atom. The number of aliphatic hydroxyl groups excluding tert-OH is 1. The first-order valence-corrected chi connectivity index (χ1v) is 9.36. The fourth-order valence-corrected chi connectivity index (χ4v) is 3.68. The van der Waals surface area contributed by atoms with E-state index in [4.69, 9.17) is 9.47 Å². The number of aryl methyl sites for hydroxylation is 1. The quantitative estimate of drug-likeness (QED) is 0.548. The molecular weight excluding hydrogens is 383 g/mol. The van der Waals surface area contributed by atoms with Crippen LogP contribution in [-0.4, -0.2) is 44.9 Å². The number of aliphatic hydroxyl groups is 1. The molecule has 0 aliphatic rings. The minimum Gasteiger partial charge on any atom is -0.480 e. The molecule has 0 fully saturated rings. The Bertz CT molecular complexity index is 1180. The van der Waals surface area contributed by atoms with Gasteiger partial charge >= 0.3 is 0 Å². The second-order valence-electron chi connectivity index (χ2n) is 6.37. The normalized spacial score (nSPS) is 12.5. The third-order valence-corrected chi connectivity index (χ3v) is 4.97. The van der Waals surface area contributed by atoms with E-state index in [9.17, 15) is 9.50 Å². The van der Waals surface area contributed by atoms with Crippen LogP contribution in [0.1, 0.15) is 12.5 Å². The molecule has 0 spiro atoms. The number of methoxy groups -OCH3 is 1. The average molecular weight is 400 g/mol. The number of pyridine rings is 1. The smallest absolute Gasteiger partial charge is 0.252 e. The van der Waals surface area contributed by atoms with Crippen LogP contribution in [0.3, 0.4) is 0 Å². The number of thiazole rings is 1. The maximum absolute atomic E-state index is 14.2. The highest BCUT2D eigenvalue weighted by atomic mass is 32.1. The number of aromatic nitrogens is 4. The number of benzene rings is 1. The van der Waals surface area contributed by atoms with Gasteiger partial charge in [0.25, 0.3) is 5.88 Å². The molecule has 0 saturated carbocycles. The van der Waals surface area contributed by atoms with Crippen LogP contribution in [-0.2, 0) is 0 Å². The van der Waals surface area contributed by atoms with E-state index in [1.165, 1.54) is 24.5 Å². The van der Waals surface area contributed by atoms with E-state index >= 15 is 0 Å². The monoisotopic (exact) mass is 400 g/mol. The Balaban J connectivity index is 1.83. The van der Waals surface area contributed by atoms with Gasteiger partial charge in [-0.1, -0.05) is 11.3 Å². The van der Waals surface area contributed by atoms with Crippen molar-refractivity contribution >= 4 is 32.7 Å². The zero-order valence-electron chi connectivity index (χ0n) is 15.4. The van der Waals surface area contributed by atoms with Crippen LogP contribution in [0.2, 0.25) is 0 Å². The van der Waals surface area contributed by atoms with Crippen LogP contribution in [0.5, 0.6) is 11.8 Å². The minimum absolute atomic E-state index is 0.0406. The average Bonchev–Trinajstić information content (AvgIpc) is 3.07. The third kappa shape index (κ3) is 3.46. The maximum atomic E-state index is 14.2. The molecule has 0 radical (unpaired) electrons. The molecule has 9 heteroatoms. The lowest BCUT2D eigenvalue weighted by Gasteiger charge is -2.07. The van der Waals surface area contributed by atoms with Gasteiger partial charge in [0.15, 0.2) is 5.82 Å². The molecule has 144 valence electrons. The predicted octanol–water partition coefficient (Wildman–Crippen LogP) is 3.52. The predicted molar refractivity (Wildman–Crippen MR) is 104 cm³/mol. The summed E-state index contributed by atoms with van der Waals surface area (Å²) in [6.45, 7) is 3.47. The second kappa shape index (κ2) is 7.25. The molecule has 3 heterocycles. The van der Waals surface area contributed by atoms with Gasteiger partial charge in [-0.15, -0.1) is 0 Å². The van der Waals surface area contributed by atoms with E-state index in [0.717, 1.165) is 11.1 Å². The molecule has 0 amide bonds. The second-order valence-corrected chi connectivity index (χ2v) is 7.35. The Kier molecular flexibility index (Phi) is 4.78. The lowest BCUT2D eigenvalue weighted by atomic mass is 10.1. The molecule has 0 bridgehead atoms. The zero-order chi connectivity index (χ0) is 19.8. The van der Waals surface area contributed by atoms with Crippen molar-refractivity contribution in [1.82, 2.24) is 19.9 Å². The summed E-state index contributed by atoms with van der Waals surface area (Å²) < 4.78 is 24.6. The summed E-state index contributed by atoms with van der Waals surface area (Å²) in [6.07, 6.45) is 0.831. The highest BCUT2D eigenvalue weighted by molar-refractivity contribution is 7.21. The van der Waals surface area contributed by atoms with Crippen LogP contribution in [0.25, 0.3) is 32.0 Å². The molecule has 0 unspecified atom stereocenters. The molecule has 0 saturated heterocycles. The standard InChI is InChI=1S/C19H17FN4O3S/c1-9-4-11(16-13(5-9)22-15(26-3)7-21-16)18-23-14-6-12(20)17(24-19(14)28-18)27-8-10(2)25/h4-7,10,25H,8H2,1-3H3/t10-/m1/s1. The van der Waals surface area contributed by atoms with Crippen molar-refractivity contribution in [2.45, 2.75) is 20.0 Å². The van der Waals surface area contributed by atoms with Crippen LogP contribution >= 0.6 is 11.3 Å². The van der Waals surface area contributed by atoms with Crippen molar-refractivity contribution in [2.75, 3.05) is 13.7 Å². The van der Waals surface area contributed by atoms with Gasteiger partial charge in [-0.3, -0.25) is 0 Å². The molecule has 7 nitrogen and oxygen atoms in total. The Hall–Kier alpha value is -2.91. The van der Waals surface area contributed by atoms with Gasteiger partial charge in [0, 0.05) is 11.6 Å². The fraction of sp³-hybridized carbons (Fsp3) is 0.263. The van der Waals surface area contributed by atoms with E-state index in [0.29, 0.717) is 32.3 Å². The van der Waals surface area contributed by atoms with Gasteiger partial charge in [0.05, 0.1) is 30.4 Å². The first-order chi connectivity index (χ1) is 13.4. The van der Waals surface area contributed by atoms with E-state index in [1.54, 1.807) is 13.1 Å². The molecule has 0 aliphatic carbocycles. The molecule has 1 atom stereocenters. The molecule has 0 aliphatic heterocycles. The first-order valence-electron chi connectivity index (χ1n) is 8.54. The Morgan fingerprint density at radius 3 is 2.75 bits per heavy atom. The third-order valence-electron chi connectivity index (χ3n) is 3.97. The van der Waals surface area contributed by atoms with Crippen molar-refractivity contribution < 1.29 is 19.0 Å². The van der Waals surface area contributed by atoms with E-state index < -0.39 is 11.9 Å². The molecule has 28 heavy (non-hydrogen) atoms. The molecule has 3 aromatic heterocycles. The fourth-order valence-electron chi connectivity index (χ4n) is 2.75. The Morgan fingerprint density at radius 1 is 1.18 bits per heavy atom. The van der Waals surface area contributed by atoms with Crippen molar-refractivity contribution in [2.24, 2.45) is 0 Å². The highest BCUT2D eigenvalue weighted by Crippen LogP contribution is 2.35. The van der Waals surface area contributed by atoms with E-state index in [-0.39, 0.29) is 12.5 Å². The van der Waals surface area contributed by atoms with Crippen LogP contribution in [0, 0.1) is 12.7 Å². The molecule has 1 aromatic carbocycles. The number of ether oxygens (including phenoxy) is 2. The summed E-state index contributed by atoms with van der Waals surface area (Å²) in [6, 6.07) is 5.16. The molecular formula is C19H17FN4O3S. The number of fused-ring (bicyclic) bond motifs is 2. The highest BCUT2D eigenvalue weighted by Gasteiger charge is 2.17. The van der Waals surface area contributed by atoms with Crippen molar-refractivity contribution in [1.29, 1.82) is 0 Å². The molecule has 4 aromatic rings. The SMILES string of the molecule is COc1cnc2c(-c3nc4cc(F)c(OC[C@@H](C)O)nc4s3)cc(C)cc2n1. The van der Waals surface area contributed by atoms with Gasteiger partial charge in [0.2, 0.25) is 5.88 Å². The number of hydrogen-bond donors (Lipinski definition) is 1. The van der Waals surface area contributed by atoms with Gasteiger partial charge in [0.1, 0.15) is 22.0 Å². The molecule has 4 rings (SSSR count). The van der Waals surface area contributed by atoms with Crippen LogP contribution < -0.4 is 9.47 Å². The number of halogens is 1. The summed E-state index contributed by atoms with van der Waals surface area (Å²) in [7, 11) is 1.54. The van der Waals surface area contributed by atoms with Crippen LogP contribution in [0.15, 0.2) is 24.4 Å². The van der Waals surface area contributed by atoms with Crippen LogP contribution in [0.4, 0.5) is 4.39 Å². The van der Waals surface area contributed by atoms with E-state index in [1.807, 2.05) is 19.1 Å². The number of rotatable bonds is 5. The van der Waals surface area contributed by atoms with E-state index in [2.05, 4.69) is 19.9 Å². The number of nitrogens with zero attached hydrogens (tertiary/aromatic N) is 4. The lowest BCUT2D eigenvalue weighted by Crippen LogP contribution is -2.14. The summed E-state index contributed by atoms with van der Waals surface area (Å²) in [5.41, 5.74) is 3.58. The minimum atomic E-state index is -0.719. The lowest BCUT2D eigenvalue weighted by molar-refractivity contribution is 0.117. The summed E-state index contributed by atoms with van der Waals surface area (Å²) >= 11 is 1.31.